The zero-order valence-electron chi connectivity index (χ0n) is 13.6. The highest BCUT2D eigenvalue weighted by atomic mass is 16.3. The zero-order chi connectivity index (χ0) is 17.1. The van der Waals surface area contributed by atoms with Crippen molar-refractivity contribution in [2.24, 2.45) is 7.05 Å². The summed E-state index contributed by atoms with van der Waals surface area (Å²) in [5.74, 6) is -0.482. The highest BCUT2D eigenvalue weighted by Crippen LogP contribution is 2.12. The Morgan fingerprint density at radius 2 is 2.09 bits per heavy atom. The summed E-state index contributed by atoms with van der Waals surface area (Å²) in [7, 11) is 1.34. The zero-order valence-corrected chi connectivity index (χ0v) is 13.6. The number of carbonyl (C=O) groups is 1. The van der Waals surface area contributed by atoms with Gasteiger partial charge in [0.05, 0.1) is 12.6 Å². The van der Waals surface area contributed by atoms with Crippen molar-refractivity contribution in [3.8, 4) is 0 Å². The van der Waals surface area contributed by atoms with Crippen LogP contribution in [0.5, 0.6) is 0 Å². The van der Waals surface area contributed by atoms with Crippen molar-refractivity contribution in [3.63, 3.8) is 0 Å². The van der Waals surface area contributed by atoms with Gasteiger partial charge in [-0.2, -0.15) is 0 Å². The van der Waals surface area contributed by atoms with Gasteiger partial charge in [-0.05, 0) is 25.8 Å². The molecule has 0 saturated carbocycles. The van der Waals surface area contributed by atoms with Gasteiger partial charge >= 0.3 is 5.69 Å². The molecule has 0 aliphatic carbocycles. The van der Waals surface area contributed by atoms with Crippen molar-refractivity contribution in [1.82, 2.24) is 14.0 Å². The Morgan fingerprint density at radius 3 is 2.70 bits per heavy atom. The Morgan fingerprint density at radius 1 is 1.39 bits per heavy atom. The largest absolute Gasteiger partial charge is 0.392 e. The predicted octanol–water partition coefficient (Wildman–Crippen LogP) is -0.821. The molecule has 1 aliphatic heterocycles. The number of aliphatic hydroxyl groups is 1. The molecule has 1 aliphatic rings. The summed E-state index contributed by atoms with van der Waals surface area (Å²) in [5, 5.41) is 9.68. The van der Waals surface area contributed by atoms with Crippen molar-refractivity contribution in [2.75, 3.05) is 25.4 Å². The second kappa shape index (κ2) is 7.10. The molecule has 23 heavy (non-hydrogen) atoms. The van der Waals surface area contributed by atoms with Crippen LogP contribution in [-0.4, -0.2) is 50.7 Å². The third-order valence-electron chi connectivity index (χ3n) is 4.16. The number of hydrogen-bond acceptors (Lipinski definition) is 6. The number of nitrogen functional groups attached to an aromatic ring is 1. The van der Waals surface area contributed by atoms with Gasteiger partial charge in [0.15, 0.2) is 5.78 Å². The minimum atomic E-state index is -0.664. The van der Waals surface area contributed by atoms with E-state index in [4.69, 9.17) is 5.73 Å². The lowest BCUT2D eigenvalue weighted by Gasteiger charge is -2.29. The molecule has 8 nitrogen and oxygen atoms in total. The molecule has 1 aromatic heterocycles. The SMILES string of the molecule is CCCn1c(N)c(C(=O)CN2CCCC(O)C2)c(=O)n(C)c1=O. The second-order valence-electron chi connectivity index (χ2n) is 6.01. The maximum atomic E-state index is 12.5. The molecule has 1 unspecified atom stereocenters. The van der Waals surface area contributed by atoms with Crippen molar-refractivity contribution in [3.05, 3.63) is 26.4 Å². The number of carbonyl (C=O) groups excluding carboxylic acids is 1. The number of β-amino-alcohol motifs (C(OH)–C–C–N with tert-alkyl or cyclic N) is 1. The number of ketones is 1. The van der Waals surface area contributed by atoms with Gasteiger partial charge in [0.2, 0.25) is 0 Å². The smallest absolute Gasteiger partial charge is 0.332 e. The van der Waals surface area contributed by atoms with Crippen LogP contribution in [0.25, 0.3) is 0 Å². The Kier molecular flexibility index (Phi) is 5.38. The molecular formula is C15H24N4O4. The van der Waals surface area contributed by atoms with Crippen molar-refractivity contribution >= 4 is 11.6 Å². The molecule has 1 saturated heterocycles. The average Bonchev–Trinajstić information content (AvgIpc) is 2.49. The van der Waals surface area contributed by atoms with E-state index in [-0.39, 0.29) is 17.9 Å². The van der Waals surface area contributed by atoms with E-state index in [2.05, 4.69) is 0 Å². The molecule has 1 aromatic rings. The van der Waals surface area contributed by atoms with E-state index in [9.17, 15) is 19.5 Å². The molecule has 0 spiro atoms. The maximum Gasteiger partial charge on any atom is 0.332 e. The molecule has 2 rings (SSSR count). The van der Waals surface area contributed by atoms with Crippen molar-refractivity contribution in [1.29, 1.82) is 0 Å². The molecule has 0 bridgehead atoms. The van der Waals surface area contributed by atoms with Gasteiger partial charge in [0.1, 0.15) is 11.4 Å². The van der Waals surface area contributed by atoms with E-state index in [1.807, 2.05) is 11.8 Å². The Bertz CT molecular complexity index is 707. The number of rotatable bonds is 5. The first-order valence-electron chi connectivity index (χ1n) is 7.89. The summed E-state index contributed by atoms with van der Waals surface area (Å²) >= 11 is 0. The average molecular weight is 324 g/mol. The Labute approximate surface area is 134 Å². The quantitative estimate of drug-likeness (QED) is 0.685. The molecule has 2 heterocycles. The normalized spacial score (nSPS) is 19.0. The van der Waals surface area contributed by atoms with Crippen molar-refractivity contribution in [2.45, 2.75) is 38.8 Å². The third-order valence-corrected chi connectivity index (χ3v) is 4.16. The molecule has 8 heteroatoms. The van der Waals surface area contributed by atoms with E-state index in [0.29, 0.717) is 26.1 Å². The van der Waals surface area contributed by atoms with Crippen molar-refractivity contribution < 1.29 is 9.90 Å². The number of likely N-dealkylation sites (tertiary alicyclic amines) is 1. The van der Waals surface area contributed by atoms with Crippen LogP contribution in [0.1, 0.15) is 36.5 Å². The predicted molar refractivity (Wildman–Crippen MR) is 86.7 cm³/mol. The summed E-state index contributed by atoms with van der Waals surface area (Å²) in [6.07, 6.45) is 1.73. The molecule has 0 radical (unpaired) electrons. The topological polar surface area (TPSA) is 111 Å². The highest BCUT2D eigenvalue weighted by Gasteiger charge is 2.25. The summed E-state index contributed by atoms with van der Waals surface area (Å²) in [5.41, 5.74) is 4.62. The standard InChI is InChI=1S/C15H24N4O4/c1-3-6-19-13(16)12(14(22)17(2)15(19)23)11(21)9-18-7-4-5-10(20)8-18/h10,20H,3-9,16H2,1-2H3. The van der Waals surface area contributed by atoms with Crippen LogP contribution < -0.4 is 17.0 Å². The molecule has 1 fully saturated rings. The Balaban J connectivity index is 2.36. The van der Waals surface area contributed by atoms with Gasteiger partial charge in [0, 0.05) is 20.1 Å². The number of aliphatic hydroxyl groups excluding tert-OH is 1. The number of nitrogens with two attached hydrogens (primary N) is 1. The molecule has 3 N–H and O–H groups in total. The monoisotopic (exact) mass is 324 g/mol. The third kappa shape index (κ3) is 3.53. The first-order valence-corrected chi connectivity index (χ1v) is 7.89. The van der Waals surface area contributed by atoms with E-state index >= 15 is 0 Å². The number of piperidine rings is 1. The first-order chi connectivity index (χ1) is 10.9. The van der Waals surface area contributed by atoms with Crippen LogP contribution in [0.4, 0.5) is 5.82 Å². The van der Waals surface area contributed by atoms with Crippen LogP contribution in [-0.2, 0) is 13.6 Å². The molecule has 128 valence electrons. The van der Waals surface area contributed by atoms with Crippen LogP contribution in [0, 0.1) is 0 Å². The minimum Gasteiger partial charge on any atom is -0.392 e. The summed E-state index contributed by atoms with van der Waals surface area (Å²) in [4.78, 5) is 38.8. The van der Waals surface area contributed by atoms with E-state index < -0.39 is 23.1 Å². The number of Topliss-reactive ketones (excluding diaryl/α,β-unsaturated/α-hetero) is 1. The highest BCUT2D eigenvalue weighted by molar-refractivity contribution is 6.01. The lowest BCUT2D eigenvalue weighted by Crippen LogP contribution is -2.46. The van der Waals surface area contributed by atoms with Crippen LogP contribution in [0.3, 0.4) is 0 Å². The van der Waals surface area contributed by atoms with Crippen LogP contribution in [0.2, 0.25) is 0 Å². The molecule has 1 atom stereocenters. The van der Waals surface area contributed by atoms with E-state index in [0.717, 1.165) is 17.4 Å². The number of anilines is 1. The molecule has 0 aromatic carbocycles. The fourth-order valence-corrected chi connectivity index (χ4v) is 2.94. The van der Waals surface area contributed by atoms with E-state index in [1.54, 1.807) is 0 Å². The number of hydrogen-bond donors (Lipinski definition) is 2. The fourth-order valence-electron chi connectivity index (χ4n) is 2.94. The maximum absolute atomic E-state index is 12.5. The van der Waals surface area contributed by atoms with Gasteiger partial charge in [-0.1, -0.05) is 6.92 Å². The van der Waals surface area contributed by atoms with Gasteiger partial charge in [-0.25, -0.2) is 4.79 Å². The van der Waals surface area contributed by atoms with Gasteiger partial charge in [-0.3, -0.25) is 23.6 Å². The lowest BCUT2D eigenvalue weighted by atomic mass is 10.1. The fraction of sp³-hybridized carbons (Fsp3) is 0.667. The summed E-state index contributed by atoms with van der Waals surface area (Å²) in [6, 6.07) is 0. The minimum absolute atomic E-state index is 0.0147. The lowest BCUT2D eigenvalue weighted by molar-refractivity contribution is 0.0633. The number of aromatic nitrogens is 2. The summed E-state index contributed by atoms with van der Waals surface area (Å²) in [6.45, 7) is 3.34. The number of nitrogens with zero attached hydrogens (tertiary/aromatic N) is 3. The van der Waals surface area contributed by atoms with Gasteiger partial charge in [0.25, 0.3) is 5.56 Å². The van der Waals surface area contributed by atoms with Gasteiger partial charge < -0.3 is 10.8 Å². The molecular weight excluding hydrogens is 300 g/mol. The first kappa shape index (κ1) is 17.4. The molecule has 0 amide bonds. The van der Waals surface area contributed by atoms with Crippen LogP contribution in [0.15, 0.2) is 9.59 Å². The van der Waals surface area contributed by atoms with Crippen LogP contribution >= 0.6 is 0 Å². The Hall–Kier alpha value is -1.93. The van der Waals surface area contributed by atoms with E-state index in [1.165, 1.54) is 11.6 Å². The second-order valence-corrected chi connectivity index (χ2v) is 6.01. The van der Waals surface area contributed by atoms with Gasteiger partial charge in [-0.15, -0.1) is 0 Å². The summed E-state index contributed by atoms with van der Waals surface area (Å²) < 4.78 is 2.18.